The van der Waals surface area contributed by atoms with Crippen molar-refractivity contribution in [2.24, 2.45) is 0 Å². The van der Waals surface area contributed by atoms with Crippen LogP contribution in [-0.2, 0) is 26.5 Å². The minimum Gasteiger partial charge on any atom is -0.207 e. The van der Waals surface area contributed by atoms with Gasteiger partial charge in [-0.3, -0.25) is 0 Å². The average Bonchev–Trinajstić information content (AvgIpc) is 2.74. The third-order valence-corrected chi connectivity index (χ3v) is 9.31. The van der Waals surface area contributed by atoms with Crippen molar-refractivity contribution in [3.8, 4) is 0 Å². The predicted molar refractivity (Wildman–Crippen MR) is 118 cm³/mol. The van der Waals surface area contributed by atoms with Crippen LogP contribution in [0.2, 0.25) is 0 Å². The Morgan fingerprint density at radius 1 is 0.733 bits per heavy atom. The Hall–Kier alpha value is -1.74. The minimum atomic E-state index is -3.64. The van der Waals surface area contributed by atoms with Crippen LogP contribution in [0.5, 0.6) is 0 Å². The van der Waals surface area contributed by atoms with E-state index in [-0.39, 0.29) is 36.0 Å². The van der Waals surface area contributed by atoms with E-state index in [4.69, 9.17) is 0 Å². The lowest BCUT2D eigenvalue weighted by molar-refractivity contribution is 0.273. The van der Waals surface area contributed by atoms with Gasteiger partial charge in [0.1, 0.15) is 0 Å². The van der Waals surface area contributed by atoms with Crippen molar-refractivity contribution < 1.29 is 16.8 Å². The monoisotopic (exact) mass is 450 g/mol. The van der Waals surface area contributed by atoms with Crippen LogP contribution in [0.25, 0.3) is 0 Å². The lowest BCUT2D eigenvalue weighted by atomic mass is 10.0. The second-order valence-electron chi connectivity index (χ2n) is 7.93. The molecule has 0 radical (unpaired) electrons. The highest BCUT2D eigenvalue weighted by atomic mass is 32.2. The number of hydrogen-bond acceptors (Lipinski definition) is 4. The molecule has 1 aliphatic rings. The summed E-state index contributed by atoms with van der Waals surface area (Å²) in [5.74, 6) is 0.326. The lowest BCUT2D eigenvalue weighted by Crippen LogP contribution is -2.50. The number of sulfonamides is 2. The summed E-state index contributed by atoms with van der Waals surface area (Å²) in [7, 11) is -7.27. The van der Waals surface area contributed by atoms with Gasteiger partial charge in [-0.15, -0.1) is 0 Å². The van der Waals surface area contributed by atoms with Crippen molar-refractivity contribution in [1.29, 1.82) is 0 Å². The fourth-order valence-corrected chi connectivity index (χ4v) is 6.43. The molecule has 0 spiro atoms. The van der Waals surface area contributed by atoms with Crippen molar-refractivity contribution in [1.82, 2.24) is 8.61 Å². The minimum absolute atomic E-state index is 0.140. The second-order valence-corrected chi connectivity index (χ2v) is 11.8. The Bertz CT molecular complexity index is 1050. The molecular formula is C22H30N2O4S2. The number of aryl methyl sites for hydroxylation is 1. The van der Waals surface area contributed by atoms with Gasteiger partial charge in [0.25, 0.3) is 0 Å². The molecule has 6 nitrogen and oxygen atoms in total. The zero-order valence-electron chi connectivity index (χ0n) is 17.8. The lowest BCUT2D eigenvalue weighted by Gasteiger charge is -2.33. The van der Waals surface area contributed by atoms with E-state index < -0.39 is 20.0 Å². The third-order valence-electron chi connectivity index (χ3n) is 5.48. The first-order valence-corrected chi connectivity index (χ1v) is 13.2. The van der Waals surface area contributed by atoms with Gasteiger partial charge in [-0.25, -0.2) is 16.8 Å². The van der Waals surface area contributed by atoms with Gasteiger partial charge in [0, 0.05) is 26.2 Å². The quantitative estimate of drug-likeness (QED) is 0.647. The van der Waals surface area contributed by atoms with E-state index in [1.54, 1.807) is 24.3 Å². The van der Waals surface area contributed by atoms with Crippen LogP contribution < -0.4 is 0 Å². The smallest absolute Gasteiger partial charge is 0.207 e. The number of rotatable bonds is 7. The summed E-state index contributed by atoms with van der Waals surface area (Å²) in [6, 6.07) is 13.9. The number of benzene rings is 2. The topological polar surface area (TPSA) is 74.8 Å². The molecule has 1 aliphatic heterocycles. The summed E-state index contributed by atoms with van der Waals surface area (Å²) in [6.45, 7) is 6.76. The molecule has 0 saturated carbocycles. The van der Waals surface area contributed by atoms with E-state index in [1.165, 1.54) is 8.61 Å². The Labute approximate surface area is 180 Å². The first-order chi connectivity index (χ1) is 14.2. The first-order valence-electron chi connectivity index (χ1n) is 10.4. The molecule has 0 N–H and O–H groups in total. The van der Waals surface area contributed by atoms with Crippen LogP contribution in [0, 0.1) is 0 Å². The summed E-state index contributed by atoms with van der Waals surface area (Å²) in [6.07, 6.45) is 1.91. The van der Waals surface area contributed by atoms with Crippen molar-refractivity contribution in [3.63, 3.8) is 0 Å². The summed E-state index contributed by atoms with van der Waals surface area (Å²) in [5.41, 5.74) is 2.19. The molecule has 0 bridgehead atoms. The molecule has 8 heteroatoms. The predicted octanol–water partition coefficient (Wildman–Crippen LogP) is 3.46. The Balaban J connectivity index is 1.70. The highest BCUT2D eigenvalue weighted by Crippen LogP contribution is 2.24. The molecule has 0 aromatic heterocycles. The maximum atomic E-state index is 13.0. The molecule has 3 rings (SSSR count). The molecule has 1 saturated heterocycles. The van der Waals surface area contributed by atoms with Crippen LogP contribution in [0.4, 0.5) is 0 Å². The zero-order chi connectivity index (χ0) is 21.9. The molecule has 30 heavy (non-hydrogen) atoms. The van der Waals surface area contributed by atoms with Gasteiger partial charge in [-0.1, -0.05) is 51.5 Å². The Morgan fingerprint density at radius 3 is 1.50 bits per heavy atom. The van der Waals surface area contributed by atoms with Gasteiger partial charge < -0.3 is 0 Å². The van der Waals surface area contributed by atoms with Gasteiger partial charge in [0.15, 0.2) is 0 Å². The third kappa shape index (κ3) is 4.77. The zero-order valence-corrected chi connectivity index (χ0v) is 19.4. The van der Waals surface area contributed by atoms with Crippen molar-refractivity contribution in [3.05, 3.63) is 59.7 Å². The van der Waals surface area contributed by atoms with Crippen LogP contribution >= 0.6 is 0 Å². The number of nitrogens with zero attached hydrogens (tertiary/aromatic N) is 2. The summed E-state index contributed by atoms with van der Waals surface area (Å²) in [4.78, 5) is 0.498. The number of piperazine rings is 1. The largest absolute Gasteiger partial charge is 0.243 e. The van der Waals surface area contributed by atoms with E-state index in [0.717, 1.165) is 24.0 Å². The van der Waals surface area contributed by atoms with Gasteiger partial charge in [-0.2, -0.15) is 8.61 Å². The molecule has 2 aromatic rings. The van der Waals surface area contributed by atoms with Crippen molar-refractivity contribution >= 4 is 20.0 Å². The highest BCUT2D eigenvalue weighted by molar-refractivity contribution is 7.89. The summed E-state index contributed by atoms with van der Waals surface area (Å²) >= 11 is 0. The van der Waals surface area contributed by atoms with Crippen molar-refractivity contribution in [2.45, 2.75) is 49.3 Å². The molecule has 2 aromatic carbocycles. The maximum Gasteiger partial charge on any atom is 0.243 e. The van der Waals surface area contributed by atoms with Crippen LogP contribution in [0.3, 0.4) is 0 Å². The summed E-state index contributed by atoms with van der Waals surface area (Å²) < 4.78 is 54.5. The fraction of sp³-hybridized carbons (Fsp3) is 0.455. The molecule has 1 fully saturated rings. The van der Waals surface area contributed by atoms with Crippen LogP contribution in [0.1, 0.15) is 44.2 Å². The summed E-state index contributed by atoms with van der Waals surface area (Å²) in [5, 5.41) is 0. The van der Waals surface area contributed by atoms with E-state index >= 15 is 0 Å². The van der Waals surface area contributed by atoms with Gasteiger partial charge in [0.2, 0.25) is 20.0 Å². The van der Waals surface area contributed by atoms with Crippen LogP contribution in [0.15, 0.2) is 58.3 Å². The fourth-order valence-electron chi connectivity index (χ4n) is 3.59. The molecule has 0 atom stereocenters. The van der Waals surface area contributed by atoms with Gasteiger partial charge >= 0.3 is 0 Å². The average molecular weight is 451 g/mol. The molecule has 0 amide bonds. The van der Waals surface area contributed by atoms with Crippen LogP contribution in [-0.4, -0.2) is 51.6 Å². The molecule has 164 valence electrons. The standard InChI is InChI=1S/C22H30N2O4S2/c1-4-5-19-6-10-21(11-7-19)29(25,26)23-14-16-24(17-15-23)30(27,28)22-12-8-20(9-13-22)18(2)3/h6-13,18H,4-5,14-17H2,1-3H3. The van der Waals surface area contributed by atoms with E-state index in [0.29, 0.717) is 5.92 Å². The Morgan fingerprint density at radius 2 is 1.13 bits per heavy atom. The molecule has 1 heterocycles. The van der Waals surface area contributed by atoms with Gasteiger partial charge in [-0.05, 0) is 47.7 Å². The SMILES string of the molecule is CCCc1ccc(S(=O)(=O)N2CCN(S(=O)(=O)c3ccc(C(C)C)cc3)CC2)cc1. The normalized spacial score (nSPS) is 16.8. The van der Waals surface area contributed by atoms with E-state index in [9.17, 15) is 16.8 Å². The molecule has 0 unspecified atom stereocenters. The van der Waals surface area contributed by atoms with Crippen molar-refractivity contribution in [2.75, 3.05) is 26.2 Å². The van der Waals surface area contributed by atoms with Gasteiger partial charge in [0.05, 0.1) is 9.79 Å². The highest BCUT2D eigenvalue weighted by Gasteiger charge is 2.33. The first kappa shape index (κ1) is 22.9. The van der Waals surface area contributed by atoms with E-state index in [2.05, 4.69) is 20.8 Å². The molecule has 0 aliphatic carbocycles. The molecular weight excluding hydrogens is 420 g/mol. The maximum absolute atomic E-state index is 13.0. The second kappa shape index (κ2) is 9.18. The number of hydrogen-bond donors (Lipinski definition) is 0. The Kier molecular flexibility index (Phi) is 7.02. The van der Waals surface area contributed by atoms with E-state index in [1.807, 2.05) is 24.3 Å².